The Bertz CT molecular complexity index is 2860. The zero-order valence-corrected chi connectivity index (χ0v) is 29.5. The highest BCUT2D eigenvalue weighted by molar-refractivity contribution is 9.10. The van der Waals surface area contributed by atoms with E-state index in [0.29, 0.717) is 5.46 Å². The predicted molar refractivity (Wildman–Crippen MR) is 222 cm³/mol. The molecule has 0 saturated heterocycles. The molecule has 0 atom stereocenters. The molecule has 0 aliphatic rings. The Hall–Kier alpha value is -5.92. The van der Waals surface area contributed by atoms with Crippen LogP contribution in [-0.4, -0.2) is 27.1 Å². The third-order valence-corrected chi connectivity index (χ3v) is 10.8. The minimum atomic E-state index is -1.54. The molecule has 0 fully saturated rings. The molecule has 0 spiro atoms. The number of aromatic nitrogens is 2. The van der Waals surface area contributed by atoms with Gasteiger partial charge in [0.05, 0.1) is 0 Å². The quantitative estimate of drug-likeness (QED) is 0.140. The van der Waals surface area contributed by atoms with Crippen LogP contribution in [0.2, 0.25) is 0 Å². The summed E-state index contributed by atoms with van der Waals surface area (Å²) in [6, 6.07) is 49.5. The van der Waals surface area contributed by atoms with Crippen molar-refractivity contribution in [3.63, 3.8) is 0 Å². The Morgan fingerprint density at radius 1 is 0.365 bits per heavy atom. The molecule has 2 heterocycles. The fourth-order valence-corrected chi connectivity index (χ4v) is 8.42. The van der Waals surface area contributed by atoms with Gasteiger partial charge in [-0.05, 0) is 86.4 Å². The van der Waals surface area contributed by atoms with Crippen molar-refractivity contribution in [3.8, 4) is 22.3 Å². The lowest BCUT2D eigenvalue weighted by atomic mass is 9.72. The zero-order valence-electron chi connectivity index (χ0n) is 27.9. The van der Waals surface area contributed by atoms with Gasteiger partial charge in [0, 0.05) is 51.2 Å². The van der Waals surface area contributed by atoms with E-state index in [0.717, 1.165) is 53.3 Å². The topological polar surface area (TPSA) is 66.2 Å². The summed E-state index contributed by atoms with van der Waals surface area (Å²) < 4.78 is 1.15. The summed E-state index contributed by atoms with van der Waals surface area (Å²) in [6.45, 7) is 0. The molecule has 8 aromatic carbocycles. The molecule has 0 aliphatic heterocycles. The minimum absolute atomic E-state index is 0.540. The second-order valence-electron chi connectivity index (χ2n) is 12.9. The van der Waals surface area contributed by atoms with Crippen LogP contribution in [0.25, 0.3) is 86.9 Å². The molecule has 2 aromatic heterocycles. The molecule has 0 unspecified atom stereocenters. The first-order chi connectivity index (χ1) is 25.6. The number of rotatable bonds is 3. The van der Waals surface area contributed by atoms with Gasteiger partial charge in [-0.3, -0.25) is 9.97 Å². The van der Waals surface area contributed by atoms with E-state index < -0.39 is 7.12 Å². The van der Waals surface area contributed by atoms with E-state index in [1.165, 1.54) is 38.1 Å². The lowest BCUT2D eigenvalue weighted by Crippen LogP contribution is -2.31. The van der Waals surface area contributed by atoms with Crippen LogP contribution in [0.4, 0.5) is 0 Å². The number of hydrogen-bond acceptors (Lipinski definition) is 4. The second kappa shape index (κ2) is 13.3. The van der Waals surface area contributed by atoms with Crippen molar-refractivity contribution in [2.75, 3.05) is 0 Å². The molecule has 0 amide bonds. The molecule has 0 saturated carbocycles. The molecular weight excluding hydrogens is 703 g/mol. The monoisotopic (exact) mass is 732 g/mol. The molecule has 0 radical (unpaired) electrons. The summed E-state index contributed by atoms with van der Waals surface area (Å²) in [4.78, 5) is 8.98. The Labute approximate surface area is 308 Å². The van der Waals surface area contributed by atoms with Crippen LogP contribution in [0.5, 0.6) is 0 Å². The Balaban J connectivity index is 0.000000139. The zero-order chi connectivity index (χ0) is 35.2. The summed E-state index contributed by atoms with van der Waals surface area (Å²) in [6.07, 6.45) is 7.69. The highest BCUT2D eigenvalue weighted by atomic mass is 79.9. The SMILES string of the molecule is Brc1c2ccccc2c(-c2cncc3ccccc23)c2ccccc12.OB(O)c1c2ccccc2c(-c2cncc3ccccc23)c2ccccc12. The van der Waals surface area contributed by atoms with Crippen molar-refractivity contribution < 1.29 is 10.0 Å². The van der Waals surface area contributed by atoms with Crippen LogP contribution in [0.3, 0.4) is 0 Å². The maximum Gasteiger partial charge on any atom is 0.489 e. The fourth-order valence-electron chi connectivity index (χ4n) is 7.73. The van der Waals surface area contributed by atoms with E-state index in [1.807, 2.05) is 85.5 Å². The molecular formula is C46H30BBrN2O2. The maximum atomic E-state index is 10.1. The Morgan fingerprint density at radius 3 is 1.06 bits per heavy atom. The van der Waals surface area contributed by atoms with Gasteiger partial charge < -0.3 is 10.0 Å². The summed E-state index contributed by atoms with van der Waals surface area (Å²) in [5, 5.41) is 33.4. The number of halogens is 1. The summed E-state index contributed by atoms with van der Waals surface area (Å²) in [5.41, 5.74) is 5.07. The van der Waals surface area contributed by atoms with Crippen molar-refractivity contribution in [3.05, 3.63) is 175 Å². The van der Waals surface area contributed by atoms with Gasteiger partial charge in [0.25, 0.3) is 0 Å². The lowest BCUT2D eigenvalue weighted by molar-refractivity contribution is 0.426. The average Bonchev–Trinajstić information content (AvgIpc) is 3.20. The number of hydrogen-bond donors (Lipinski definition) is 2. The van der Waals surface area contributed by atoms with Gasteiger partial charge >= 0.3 is 7.12 Å². The van der Waals surface area contributed by atoms with Crippen LogP contribution in [-0.2, 0) is 0 Å². The average molecular weight is 733 g/mol. The predicted octanol–water partition coefficient (Wildman–Crippen LogP) is 10.9. The van der Waals surface area contributed by atoms with Crippen molar-refractivity contribution in [2.24, 2.45) is 0 Å². The molecule has 0 aliphatic carbocycles. The largest absolute Gasteiger partial charge is 0.489 e. The first-order valence-electron chi connectivity index (χ1n) is 17.1. The van der Waals surface area contributed by atoms with E-state index in [4.69, 9.17) is 0 Å². The van der Waals surface area contributed by atoms with Gasteiger partial charge in [-0.1, -0.05) is 146 Å². The number of fused-ring (bicyclic) bond motifs is 6. The Kier molecular flexibility index (Phi) is 8.21. The van der Waals surface area contributed by atoms with E-state index in [2.05, 4.69) is 111 Å². The second-order valence-corrected chi connectivity index (χ2v) is 13.6. The van der Waals surface area contributed by atoms with Crippen molar-refractivity contribution >= 4 is 93.1 Å². The molecule has 246 valence electrons. The van der Waals surface area contributed by atoms with Gasteiger partial charge in [0.2, 0.25) is 0 Å². The smallest absolute Gasteiger partial charge is 0.423 e. The van der Waals surface area contributed by atoms with Gasteiger partial charge in [-0.15, -0.1) is 0 Å². The molecule has 4 nitrogen and oxygen atoms in total. The van der Waals surface area contributed by atoms with Crippen LogP contribution in [0.1, 0.15) is 0 Å². The highest BCUT2D eigenvalue weighted by Crippen LogP contribution is 2.43. The minimum Gasteiger partial charge on any atom is -0.423 e. The van der Waals surface area contributed by atoms with E-state index in [-0.39, 0.29) is 0 Å². The molecule has 0 bridgehead atoms. The highest BCUT2D eigenvalue weighted by Gasteiger charge is 2.23. The van der Waals surface area contributed by atoms with E-state index in [1.54, 1.807) is 0 Å². The fraction of sp³-hybridized carbons (Fsp3) is 0. The third kappa shape index (κ3) is 5.31. The van der Waals surface area contributed by atoms with Gasteiger partial charge in [0.15, 0.2) is 0 Å². The summed E-state index contributed by atoms with van der Waals surface area (Å²) >= 11 is 3.82. The van der Waals surface area contributed by atoms with Crippen LogP contribution in [0, 0.1) is 0 Å². The first-order valence-corrected chi connectivity index (χ1v) is 17.9. The number of nitrogens with zero attached hydrogens (tertiary/aromatic N) is 2. The molecule has 10 rings (SSSR count). The van der Waals surface area contributed by atoms with Crippen molar-refractivity contribution in [1.29, 1.82) is 0 Å². The van der Waals surface area contributed by atoms with Gasteiger partial charge in [0.1, 0.15) is 0 Å². The molecule has 2 N–H and O–H groups in total. The van der Waals surface area contributed by atoms with Crippen LogP contribution >= 0.6 is 15.9 Å². The summed E-state index contributed by atoms with van der Waals surface area (Å²) in [5.74, 6) is 0. The van der Waals surface area contributed by atoms with Crippen molar-refractivity contribution in [1.82, 2.24) is 9.97 Å². The standard InChI is InChI=1S/C23H16BNO2.C23H14BrN/c26-24(27)23-19-11-5-3-9-17(19)22(18-10-4-6-12-20(18)23)21-14-25-13-15-7-1-2-8-16(15)21;24-23-19-11-5-3-9-17(19)22(18-10-4-6-12-20(18)23)21-14-25-13-15-7-1-2-8-16(15)21/h1-14,26-27H;1-14H. The van der Waals surface area contributed by atoms with Crippen LogP contribution < -0.4 is 5.46 Å². The third-order valence-electron chi connectivity index (χ3n) is 9.97. The number of benzene rings is 8. The molecule has 10 aromatic rings. The summed E-state index contributed by atoms with van der Waals surface area (Å²) in [7, 11) is -1.54. The number of pyridine rings is 2. The molecule has 52 heavy (non-hydrogen) atoms. The van der Waals surface area contributed by atoms with Gasteiger partial charge in [-0.2, -0.15) is 0 Å². The van der Waals surface area contributed by atoms with Crippen LogP contribution in [0.15, 0.2) is 175 Å². The first kappa shape index (κ1) is 32.0. The lowest BCUT2D eigenvalue weighted by Gasteiger charge is -2.17. The van der Waals surface area contributed by atoms with E-state index >= 15 is 0 Å². The van der Waals surface area contributed by atoms with Gasteiger partial charge in [-0.25, -0.2) is 0 Å². The normalized spacial score (nSPS) is 11.4. The van der Waals surface area contributed by atoms with Crippen molar-refractivity contribution in [2.45, 2.75) is 0 Å². The molecule has 6 heteroatoms. The Morgan fingerprint density at radius 2 is 0.673 bits per heavy atom. The maximum absolute atomic E-state index is 10.1. The van der Waals surface area contributed by atoms with E-state index in [9.17, 15) is 10.0 Å².